The molecule has 0 spiro atoms. The second-order valence-electron chi connectivity index (χ2n) is 5.86. The molecule has 1 N–H and O–H groups in total. The van der Waals surface area contributed by atoms with Crippen molar-refractivity contribution in [2.24, 2.45) is 0 Å². The fourth-order valence-corrected chi connectivity index (χ4v) is 2.60. The molecule has 0 radical (unpaired) electrons. The SMILES string of the molecule is CN(C)CCC(=O)N1CCN(C(=O)Nc2cccc(Cl)c2)CC1. The lowest BCUT2D eigenvalue weighted by Crippen LogP contribution is -2.52. The van der Waals surface area contributed by atoms with Gasteiger partial charge < -0.3 is 20.0 Å². The molecule has 1 aliphatic heterocycles. The standard InChI is InChI=1S/C16H23ClN4O2/c1-19(2)7-6-15(22)20-8-10-21(11-9-20)16(23)18-14-5-3-4-13(17)12-14/h3-5,12H,6-11H2,1-2H3,(H,18,23). The molecule has 0 aromatic heterocycles. The summed E-state index contributed by atoms with van der Waals surface area (Å²) in [6, 6.07) is 6.90. The van der Waals surface area contributed by atoms with E-state index in [1.54, 1.807) is 29.2 Å². The number of rotatable bonds is 4. The first-order chi connectivity index (χ1) is 11.0. The summed E-state index contributed by atoms with van der Waals surface area (Å²) < 4.78 is 0. The van der Waals surface area contributed by atoms with Gasteiger partial charge in [0.05, 0.1) is 0 Å². The lowest BCUT2D eigenvalue weighted by atomic mass is 10.2. The fraction of sp³-hybridized carbons (Fsp3) is 0.500. The number of carbonyl (C=O) groups excluding carboxylic acids is 2. The number of benzene rings is 1. The molecule has 2 rings (SSSR count). The van der Waals surface area contributed by atoms with Gasteiger partial charge in [0.15, 0.2) is 0 Å². The molecule has 6 nitrogen and oxygen atoms in total. The number of nitrogens with zero attached hydrogens (tertiary/aromatic N) is 3. The predicted octanol–water partition coefficient (Wildman–Crippen LogP) is 1.97. The quantitative estimate of drug-likeness (QED) is 0.913. The summed E-state index contributed by atoms with van der Waals surface area (Å²) in [7, 11) is 3.90. The molecule has 0 bridgehead atoms. The molecule has 1 aliphatic rings. The van der Waals surface area contributed by atoms with Crippen molar-refractivity contribution in [1.82, 2.24) is 14.7 Å². The molecule has 23 heavy (non-hydrogen) atoms. The van der Waals surface area contributed by atoms with E-state index in [4.69, 9.17) is 11.6 Å². The normalized spacial score (nSPS) is 15.0. The summed E-state index contributed by atoms with van der Waals surface area (Å²) >= 11 is 5.91. The van der Waals surface area contributed by atoms with Crippen LogP contribution < -0.4 is 5.32 Å². The van der Waals surface area contributed by atoms with Crippen LogP contribution in [0.4, 0.5) is 10.5 Å². The highest BCUT2D eigenvalue weighted by Gasteiger charge is 2.23. The van der Waals surface area contributed by atoms with Gasteiger partial charge in [0.2, 0.25) is 5.91 Å². The van der Waals surface area contributed by atoms with E-state index < -0.39 is 0 Å². The smallest absolute Gasteiger partial charge is 0.321 e. The summed E-state index contributed by atoms with van der Waals surface area (Å²) in [5.74, 6) is 0.147. The highest BCUT2D eigenvalue weighted by Crippen LogP contribution is 2.16. The number of hydrogen-bond acceptors (Lipinski definition) is 3. The minimum atomic E-state index is -0.160. The number of anilines is 1. The van der Waals surface area contributed by atoms with Gasteiger partial charge in [-0.1, -0.05) is 17.7 Å². The van der Waals surface area contributed by atoms with Crippen LogP contribution in [0.15, 0.2) is 24.3 Å². The topological polar surface area (TPSA) is 55.9 Å². The van der Waals surface area contributed by atoms with Gasteiger partial charge in [0.25, 0.3) is 0 Å². The maximum absolute atomic E-state index is 12.2. The molecule has 126 valence electrons. The number of hydrogen-bond donors (Lipinski definition) is 1. The number of piperazine rings is 1. The van der Waals surface area contributed by atoms with Crippen molar-refractivity contribution in [2.75, 3.05) is 52.1 Å². The molecular weight excluding hydrogens is 316 g/mol. The Morgan fingerprint density at radius 2 is 1.83 bits per heavy atom. The Morgan fingerprint density at radius 1 is 1.17 bits per heavy atom. The summed E-state index contributed by atoms with van der Waals surface area (Å²) in [4.78, 5) is 29.8. The van der Waals surface area contributed by atoms with Gasteiger partial charge in [-0.2, -0.15) is 0 Å². The number of nitrogens with one attached hydrogen (secondary N) is 1. The molecule has 0 atom stereocenters. The minimum absolute atomic E-state index is 0.147. The summed E-state index contributed by atoms with van der Waals surface area (Å²) in [6.45, 7) is 2.99. The van der Waals surface area contributed by atoms with Crippen molar-refractivity contribution >= 4 is 29.2 Å². The molecule has 1 saturated heterocycles. The largest absolute Gasteiger partial charge is 0.339 e. The van der Waals surface area contributed by atoms with Crippen LogP contribution in [-0.2, 0) is 4.79 Å². The Labute approximate surface area is 142 Å². The van der Waals surface area contributed by atoms with E-state index in [2.05, 4.69) is 5.32 Å². The van der Waals surface area contributed by atoms with Crippen molar-refractivity contribution < 1.29 is 9.59 Å². The average molecular weight is 339 g/mol. The molecule has 1 aromatic carbocycles. The van der Waals surface area contributed by atoms with E-state index >= 15 is 0 Å². The molecule has 0 saturated carbocycles. The Kier molecular flexibility index (Phi) is 6.24. The van der Waals surface area contributed by atoms with Gasteiger partial charge in [0.1, 0.15) is 0 Å². The second-order valence-corrected chi connectivity index (χ2v) is 6.30. The van der Waals surface area contributed by atoms with Gasteiger partial charge in [-0.25, -0.2) is 4.79 Å². The number of amides is 3. The molecule has 0 unspecified atom stereocenters. The minimum Gasteiger partial charge on any atom is -0.339 e. The number of halogens is 1. The highest BCUT2D eigenvalue weighted by atomic mass is 35.5. The van der Waals surface area contributed by atoms with Crippen LogP contribution in [-0.4, -0.2) is 73.5 Å². The van der Waals surface area contributed by atoms with E-state index in [-0.39, 0.29) is 11.9 Å². The Morgan fingerprint density at radius 3 is 2.43 bits per heavy atom. The number of urea groups is 1. The molecule has 0 aliphatic carbocycles. The molecule has 7 heteroatoms. The van der Waals surface area contributed by atoms with Crippen molar-refractivity contribution in [1.29, 1.82) is 0 Å². The van der Waals surface area contributed by atoms with Gasteiger partial charge >= 0.3 is 6.03 Å². The van der Waals surface area contributed by atoms with Gasteiger partial charge in [-0.15, -0.1) is 0 Å². The maximum Gasteiger partial charge on any atom is 0.321 e. The van der Waals surface area contributed by atoms with Gasteiger partial charge in [0, 0.05) is 49.9 Å². The Bertz CT molecular complexity index is 557. The van der Waals surface area contributed by atoms with Crippen LogP contribution >= 0.6 is 11.6 Å². The van der Waals surface area contributed by atoms with Crippen molar-refractivity contribution in [3.8, 4) is 0 Å². The van der Waals surface area contributed by atoms with E-state index in [9.17, 15) is 9.59 Å². The van der Waals surface area contributed by atoms with E-state index in [0.717, 1.165) is 6.54 Å². The first kappa shape index (κ1) is 17.6. The Hall–Kier alpha value is -1.79. The second kappa shape index (κ2) is 8.17. The van der Waals surface area contributed by atoms with Crippen LogP contribution in [0.25, 0.3) is 0 Å². The monoisotopic (exact) mass is 338 g/mol. The zero-order chi connectivity index (χ0) is 16.8. The van der Waals surface area contributed by atoms with Crippen molar-refractivity contribution in [3.05, 3.63) is 29.3 Å². The zero-order valence-electron chi connectivity index (χ0n) is 13.6. The maximum atomic E-state index is 12.2. The van der Waals surface area contributed by atoms with E-state index in [0.29, 0.717) is 43.3 Å². The fourth-order valence-electron chi connectivity index (χ4n) is 2.41. The molecule has 1 aromatic rings. The lowest BCUT2D eigenvalue weighted by molar-refractivity contribution is -0.132. The summed E-state index contributed by atoms with van der Waals surface area (Å²) in [5.41, 5.74) is 0.673. The molecule has 1 heterocycles. The molecule has 1 fully saturated rings. The van der Waals surface area contributed by atoms with Crippen molar-refractivity contribution in [3.63, 3.8) is 0 Å². The molecular formula is C16H23ClN4O2. The van der Waals surface area contributed by atoms with E-state index in [1.165, 1.54) is 0 Å². The third-order valence-electron chi connectivity index (χ3n) is 3.77. The first-order valence-corrected chi connectivity index (χ1v) is 8.07. The van der Waals surface area contributed by atoms with Crippen LogP contribution in [0.3, 0.4) is 0 Å². The zero-order valence-corrected chi connectivity index (χ0v) is 14.3. The lowest BCUT2D eigenvalue weighted by Gasteiger charge is -2.35. The van der Waals surface area contributed by atoms with Crippen LogP contribution in [0.1, 0.15) is 6.42 Å². The average Bonchev–Trinajstić information content (AvgIpc) is 2.52. The third kappa shape index (κ3) is 5.41. The van der Waals surface area contributed by atoms with Crippen LogP contribution in [0.5, 0.6) is 0 Å². The van der Waals surface area contributed by atoms with E-state index in [1.807, 2.05) is 23.9 Å². The van der Waals surface area contributed by atoms with Gasteiger partial charge in [-0.3, -0.25) is 4.79 Å². The van der Waals surface area contributed by atoms with Crippen LogP contribution in [0, 0.1) is 0 Å². The predicted molar refractivity (Wildman–Crippen MR) is 91.8 cm³/mol. The van der Waals surface area contributed by atoms with Crippen LogP contribution in [0.2, 0.25) is 5.02 Å². The van der Waals surface area contributed by atoms with Gasteiger partial charge in [-0.05, 0) is 32.3 Å². The highest BCUT2D eigenvalue weighted by molar-refractivity contribution is 6.30. The third-order valence-corrected chi connectivity index (χ3v) is 4.00. The summed E-state index contributed by atoms with van der Waals surface area (Å²) in [6.07, 6.45) is 0.516. The summed E-state index contributed by atoms with van der Waals surface area (Å²) in [5, 5.41) is 3.41. The van der Waals surface area contributed by atoms with Crippen molar-refractivity contribution in [2.45, 2.75) is 6.42 Å². The Balaban J connectivity index is 1.79. The molecule has 3 amide bonds. The number of carbonyl (C=O) groups is 2. The first-order valence-electron chi connectivity index (χ1n) is 7.69.